The van der Waals surface area contributed by atoms with Gasteiger partial charge in [0.25, 0.3) is 5.56 Å². The highest BCUT2D eigenvalue weighted by atomic mass is 16.5. The third kappa shape index (κ3) is 4.85. The standard InChI is InChI=1S/C21H24N2O6/c1-26-16-6-4-14(5-7-16)11-29-12-15(24)10-23-13-22-18-9-20(28-3)19(27-2)8-17(18)21(23)25/h4-9,13,15,24H,10-12H2,1-3H3/t15-/m1/s1. The van der Waals surface area contributed by atoms with E-state index in [-0.39, 0.29) is 18.7 Å². The maximum absolute atomic E-state index is 12.8. The van der Waals surface area contributed by atoms with Crippen LogP contribution in [0.1, 0.15) is 5.56 Å². The minimum absolute atomic E-state index is 0.0682. The largest absolute Gasteiger partial charge is 0.497 e. The van der Waals surface area contributed by atoms with Gasteiger partial charge >= 0.3 is 0 Å². The Kier molecular flexibility index (Phi) is 6.69. The number of rotatable bonds is 9. The summed E-state index contributed by atoms with van der Waals surface area (Å²) in [6, 6.07) is 10.7. The van der Waals surface area contributed by atoms with Gasteiger partial charge in [-0.2, -0.15) is 0 Å². The number of aromatic nitrogens is 2. The van der Waals surface area contributed by atoms with Gasteiger partial charge in [-0.05, 0) is 23.8 Å². The molecule has 29 heavy (non-hydrogen) atoms. The van der Waals surface area contributed by atoms with Gasteiger partial charge in [0.05, 0.1) is 64.4 Å². The number of nitrogens with zero attached hydrogens (tertiary/aromatic N) is 2. The highest BCUT2D eigenvalue weighted by Gasteiger charge is 2.13. The molecule has 0 aliphatic rings. The normalized spacial score (nSPS) is 12.0. The van der Waals surface area contributed by atoms with Crippen LogP contribution < -0.4 is 19.8 Å². The first-order chi connectivity index (χ1) is 14.0. The molecule has 8 heteroatoms. The van der Waals surface area contributed by atoms with Gasteiger partial charge in [-0.15, -0.1) is 0 Å². The van der Waals surface area contributed by atoms with E-state index in [1.165, 1.54) is 25.1 Å². The highest BCUT2D eigenvalue weighted by Crippen LogP contribution is 2.29. The van der Waals surface area contributed by atoms with Crippen LogP contribution in [0.2, 0.25) is 0 Å². The van der Waals surface area contributed by atoms with Crippen molar-refractivity contribution in [2.24, 2.45) is 0 Å². The number of aliphatic hydroxyl groups is 1. The third-order valence-electron chi connectivity index (χ3n) is 4.47. The maximum atomic E-state index is 12.8. The summed E-state index contributed by atoms with van der Waals surface area (Å²) in [5.74, 6) is 1.71. The van der Waals surface area contributed by atoms with E-state index < -0.39 is 6.10 Å². The molecule has 1 N–H and O–H groups in total. The van der Waals surface area contributed by atoms with Crippen LogP contribution in [0.5, 0.6) is 17.2 Å². The van der Waals surface area contributed by atoms with Gasteiger partial charge < -0.3 is 24.1 Å². The molecule has 1 heterocycles. The lowest BCUT2D eigenvalue weighted by Gasteiger charge is -2.14. The van der Waals surface area contributed by atoms with Gasteiger partial charge in [0.2, 0.25) is 0 Å². The molecular formula is C21H24N2O6. The Morgan fingerprint density at radius 1 is 1.03 bits per heavy atom. The first kappa shape index (κ1) is 20.6. The van der Waals surface area contributed by atoms with Crippen molar-refractivity contribution in [1.29, 1.82) is 0 Å². The molecule has 1 aromatic heterocycles. The van der Waals surface area contributed by atoms with Crippen LogP contribution >= 0.6 is 0 Å². The van der Waals surface area contributed by atoms with Gasteiger partial charge in [0, 0.05) is 6.07 Å². The minimum atomic E-state index is -0.856. The second kappa shape index (κ2) is 9.40. The van der Waals surface area contributed by atoms with Crippen molar-refractivity contribution in [2.75, 3.05) is 27.9 Å². The Labute approximate surface area is 168 Å². The van der Waals surface area contributed by atoms with Crippen LogP contribution in [0.3, 0.4) is 0 Å². The molecule has 0 amide bonds. The van der Waals surface area contributed by atoms with E-state index >= 15 is 0 Å². The number of ether oxygens (including phenoxy) is 4. The lowest BCUT2D eigenvalue weighted by atomic mass is 10.2. The van der Waals surface area contributed by atoms with Crippen LogP contribution in [0.25, 0.3) is 10.9 Å². The molecule has 154 valence electrons. The number of hydrogen-bond acceptors (Lipinski definition) is 7. The maximum Gasteiger partial charge on any atom is 0.261 e. The number of fused-ring (bicyclic) bond motifs is 1. The Bertz CT molecular complexity index is 1020. The zero-order valence-corrected chi connectivity index (χ0v) is 16.6. The number of benzene rings is 2. The summed E-state index contributed by atoms with van der Waals surface area (Å²) in [5.41, 5.74) is 1.18. The average Bonchev–Trinajstić information content (AvgIpc) is 2.75. The molecule has 8 nitrogen and oxygen atoms in total. The number of hydrogen-bond donors (Lipinski definition) is 1. The molecule has 0 unspecified atom stereocenters. The zero-order chi connectivity index (χ0) is 20.8. The molecule has 3 rings (SSSR count). The smallest absolute Gasteiger partial charge is 0.261 e. The molecule has 2 aromatic carbocycles. The first-order valence-electron chi connectivity index (χ1n) is 9.05. The fourth-order valence-electron chi connectivity index (χ4n) is 2.93. The predicted octanol–water partition coefficient (Wildman–Crippen LogP) is 2.00. The SMILES string of the molecule is COc1ccc(COC[C@H](O)Cn2cnc3cc(OC)c(OC)cc3c2=O)cc1. The van der Waals surface area contributed by atoms with Gasteiger partial charge in [0.15, 0.2) is 11.5 Å². The molecule has 0 saturated heterocycles. The Morgan fingerprint density at radius 2 is 1.72 bits per heavy atom. The van der Waals surface area contributed by atoms with E-state index in [9.17, 15) is 9.90 Å². The van der Waals surface area contributed by atoms with Gasteiger partial charge in [-0.3, -0.25) is 9.36 Å². The first-order valence-corrected chi connectivity index (χ1v) is 9.05. The summed E-state index contributed by atoms with van der Waals surface area (Å²) in [7, 11) is 4.63. The Hall–Kier alpha value is -3.10. The number of methoxy groups -OCH3 is 3. The molecule has 0 spiro atoms. The fraction of sp³-hybridized carbons (Fsp3) is 0.333. The van der Waals surface area contributed by atoms with E-state index in [1.807, 2.05) is 24.3 Å². The molecule has 3 aromatic rings. The van der Waals surface area contributed by atoms with Crippen LogP contribution in [-0.2, 0) is 17.9 Å². The van der Waals surface area contributed by atoms with Crippen LogP contribution in [0.15, 0.2) is 47.5 Å². The van der Waals surface area contributed by atoms with Crippen molar-refractivity contribution >= 4 is 10.9 Å². The molecule has 0 bridgehead atoms. The summed E-state index contributed by atoms with van der Waals surface area (Å²) in [6.07, 6.45) is 0.550. The van der Waals surface area contributed by atoms with E-state index in [1.54, 1.807) is 19.2 Å². The summed E-state index contributed by atoms with van der Waals surface area (Å²) in [4.78, 5) is 17.0. The van der Waals surface area contributed by atoms with Gasteiger partial charge in [0.1, 0.15) is 5.75 Å². The molecule has 0 fully saturated rings. The molecule has 0 radical (unpaired) electrons. The summed E-state index contributed by atoms with van der Waals surface area (Å²) >= 11 is 0. The van der Waals surface area contributed by atoms with Crippen molar-refractivity contribution in [3.63, 3.8) is 0 Å². The fourth-order valence-corrected chi connectivity index (χ4v) is 2.93. The molecular weight excluding hydrogens is 376 g/mol. The summed E-state index contributed by atoms with van der Waals surface area (Å²) in [5, 5.41) is 10.7. The molecule has 0 aliphatic carbocycles. The van der Waals surface area contributed by atoms with E-state index in [0.717, 1.165) is 11.3 Å². The number of aliphatic hydroxyl groups excluding tert-OH is 1. The lowest BCUT2D eigenvalue weighted by Crippen LogP contribution is -2.29. The van der Waals surface area contributed by atoms with E-state index in [2.05, 4.69) is 4.98 Å². The Balaban J connectivity index is 1.65. The van der Waals surface area contributed by atoms with E-state index in [0.29, 0.717) is 29.0 Å². The predicted molar refractivity (Wildman–Crippen MR) is 108 cm³/mol. The minimum Gasteiger partial charge on any atom is -0.497 e. The van der Waals surface area contributed by atoms with Crippen molar-refractivity contribution < 1.29 is 24.1 Å². The molecule has 0 saturated carbocycles. The lowest BCUT2D eigenvalue weighted by molar-refractivity contribution is 0.0198. The van der Waals surface area contributed by atoms with Crippen molar-refractivity contribution in [2.45, 2.75) is 19.3 Å². The molecule has 1 atom stereocenters. The highest BCUT2D eigenvalue weighted by molar-refractivity contribution is 5.81. The zero-order valence-electron chi connectivity index (χ0n) is 16.6. The van der Waals surface area contributed by atoms with Crippen LogP contribution in [0, 0.1) is 0 Å². The topological polar surface area (TPSA) is 92.0 Å². The second-order valence-corrected chi connectivity index (χ2v) is 6.44. The van der Waals surface area contributed by atoms with Crippen molar-refractivity contribution in [3.05, 3.63) is 58.6 Å². The monoisotopic (exact) mass is 400 g/mol. The van der Waals surface area contributed by atoms with Crippen molar-refractivity contribution in [3.8, 4) is 17.2 Å². The Morgan fingerprint density at radius 3 is 2.38 bits per heavy atom. The van der Waals surface area contributed by atoms with Crippen LogP contribution in [-0.4, -0.2) is 48.7 Å². The quantitative estimate of drug-likeness (QED) is 0.587. The van der Waals surface area contributed by atoms with Crippen molar-refractivity contribution in [1.82, 2.24) is 9.55 Å². The summed E-state index contributed by atoms with van der Waals surface area (Å²) in [6.45, 7) is 0.504. The average molecular weight is 400 g/mol. The van der Waals surface area contributed by atoms with E-state index in [4.69, 9.17) is 18.9 Å². The van der Waals surface area contributed by atoms with Gasteiger partial charge in [-0.1, -0.05) is 12.1 Å². The second-order valence-electron chi connectivity index (χ2n) is 6.44. The van der Waals surface area contributed by atoms with Crippen LogP contribution in [0.4, 0.5) is 0 Å². The summed E-state index contributed by atoms with van der Waals surface area (Å²) < 4.78 is 22.5. The molecule has 0 aliphatic heterocycles. The van der Waals surface area contributed by atoms with Gasteiger partial charge in [-0.25, -0.2) is 4.98 Å². The third-order valence-corrected chi connectivity index (χ3v) is 4.47.